The molecule has 1 rings (SSSR count). The van der Waals surface area contributed by atoms with Crippen LogP contribution in [0.5, 0.6) is 0 Å². The monoisotopic (exact) mass is 245 g/mol. The topological polar surface area (TPSA) is 38.3 Å². The van der Waals surface area contributed by atoms with Crippen molar-refractivity contribution in [3.8, 4) is 0 Å². The number of esters is 1. The lowest BCUT2D eigenvalue weighted by atomic mass is 10.1. The summed E-state index contributed by atoms with van der Waals surface area (Å²) in [6.45, 7) is 1.92. The molecule has 0 aliphatic rings. The number of halogens is 2. The highest BCUT2D eigenvalue weighted by atomic mass is 35.5. The number of rotatable bonds is 4. The molecule has 1 unspecified atom stereocenters. The van der Waals surface area contributed by atoms with Crippen LogP contribution in [-0.2, 0) is 9.53 Å². The van der Waals surface area contributed by atoms with Gasteiger partial charge in [-0.05, 0) is 24.6 Å². The van der Waals surface area contributed by atoms with Gasteiger partial charge in [0.1, 0.15) is 5.82 Å². The molecular formula is C11H13ClFNO2. The summed E-state index contributed by atoms with van der Waals surface area (Å²) in [4.78, 5) is 10.9. The SMILES string of the molecule is COC(=O)CNC(C)c1ccc(F)cc1Cl. The van der Waals surface area contributed by atoms with Crippen molar-refractivity contribution >= 4 is 17.6 Å². The van der Waals surface area contributed by atoms with Crippen molar-refractivity contribution in [2.24, 2.45) is 0 Å². The zero-order chi connectivity index (χ0) is 12.1. The molecule has 0 aliphatic heterocycles. The Morgan fingerprint density at radius 2 is 2.31 bits per heavy atom. The fourth-order valence-corrected chi connectivity index (χ4v) is 1.60. The summed E-state index contributed by atoms with van der Waals surface area (Å²) in [6.07, 6.45) is 0. The van der Waals surface area contributed by atoms with Gasteiger partial charge in [-0.25, -0.2) is 4.39 Å². The average Bonchev–Trinajstić information content (AvgIpc) is 2.25. The predicted octanol–water partition coefficient (Wildman–Crippen LogP) is 2.30. The van der Waals surface area contributed by atoms with Gasteiger partial charge in [-0.1, -0.05) is 17.7 Å². The zero-order valence-corrected chi connectivity index (χ0v) is 9.84. The second-order valence-corrected chi connectivity index (χ2v) is 3.75. The van der Waals surface area contributed by atoms with E-state index in [-0.39, 0.29) is 24.4 Å². The number of benzene rings is 1. The summed E-state index contributed by atoms with van der Waals surface area (Å²) in [5.41, 5.74) is 0.743. The summed E-state index contributed by atoms with van der Waals surface area (Å²) in [5.74, 6) is -0.737. The van der Waals surface area contributed by atoms with Crippen molar-refractivity contribution in [3.05, 3.63) is 34.6 Å². The minimum atomic E-state index is -0.381. The number of hydrogen-bond donors (Lipinski definition) is 1. The predicted molar refractivity (Wildman–Crippen MR) is 59.8 cm³/mol. The number of ether oxygens (including phenoxy) is 1. The Hall–Kier alpha value is -1.13. The van der Waals surface area contributed by atoms with E-state index < -0.39 is 0 Å². The van der Waals surface area contributed by atoms with Gasteiger partial charge in [-0.15, -0.1) is 0 Å². The Morgan fingerprint density at radius 3 is 2.88 bits per heavy atom. The molecule has 1 aromatic rings. The Labute approximate surface area is 98.5 Å². The molecule has 0 saturated carbocycles. The lowest BCUT2D eigenvalue weighted by Gasteiger charge is -2.14. The first-order valence-electron chi connectivity index (χ1n) is 4.79. The normalized spacial score (nSPS) is 12.2. The Balaban J connectivity index is 2.65. The fraction of sp³-hybridized carbons (Fsp3) is 0.364. The quantitative estimate of drug-likeness (QED) is 0.828. The molecule has 0 bridgehead atoms. The van der Waals surface area contributed by atoms with E-state index in [4.69, 9.17) is 11.6 Å². The molecule has 0 saturated heterocycles. The second kappa shape index (κ2) is 5.82. The maximum absolute atomic E-state index is 12.8. The Morgan fingerprint density at radius 1 is 1.62 bits per heavy atom. The molecule has 0 aromatic heterocycles. The first kappa shape index (κ1) is 12.9. The highest BCUT2D eigenvalue weighted by Crippen LogP contribution is 2.23. The van der Waals surface area contributed by atoms with Crippen LogP contribution in [0.4, 0.5) is 4.39 Å². The summed E-state index contributed by atoms with van der Waals surface area (Å²) < 4.78 is 17.3. The Bertz CT molecular complexity index is 384. The molecule has 0 spiro atoms. The molecule has 16 heavy (non-hydrogen) atoms. The number of carbonyl (C=O) groups is 1. The van der Waals surface area contributed by atoms with E-state index in [1.165, 1.54) is 19.2 Å². The van der Waals surface area contributed by atoms with Crippen LogP contribution >= 0.6 is 11.6 Å². The van der Waals surface area contributed by atoms with Crippen molar-refractivity contribution in [2.45, 2.75) is 13.0 Å². The third kappa shape index (κ3) is 3.47. The first-order valence-corrected chi connectivity index (χ1v) is 5.17. The second-order valence-electron chi connectivity index (χ2n) is 3.34. The van der Waals surface area contributed by atoms with Crippen LogP contribution in [0.3, 0.4) is 0 Å². The highest BCUT2D eigenvalue weighted by molar-refractivity contribution is 6.31. The highest BCUT2D eigenvalue weighted by Gasteiger charge is 2.11. The molecule has 1 aromatic carbocycles. The van der Waals surface area contributed by atoms with Crippen LogP contribution in [0.15, 0.2) is 18.2 Å². The number of nitrogens with one attached hydrogen (secondary N) is 1. The molecule has 0 heterocycles. The molecule has 88 valence electrons. The molecular weight excluding hydrogens is 233 g/mol. The molecule has 1 atom stereocenters. The van der Waals surface area contributed by atoms with Gasteiger partial charge in [0, 0.05) is 11.1 Å². The van der Waals surface area contributed by atoms with Crippen molar-refractivity contribution in [1.82, 2.24) is 5.32 Å². The summed E-state index contributed by atoms with van der Waals surface area (Å²) >= 11 is 5.88. The fourth-order valence-electron chi connectivity index (χ4n) is 1.27. The molecule has 1 N–H and O–H groups in total. The first-order chi connectivity index (χ1) is 7.54. The van der Waals surface area contributed by atoms with Crippen molar-refractivity contribution < 1.29 is 13.9 Å². The number of methoxy groups -OCH3 is 1. The molecule has 5 heteroatoms. The van der Waals surface area contributed by atoms with Gasteiger partial charge in [-0.2, -0.15) is 0 Å². The van der Waals surface area contributed by atoms with Gasteiger partial charge >= 0.3 is 5.97 Å². The molecule has 3 nitrogen and oxygen atoms in total. The molecule has 0 fully saturated rings. The lowest BCUT2D eigenvalue weighted by molar-refractivity contribution is -0.139. The van der Waals surface area contributed by atoms with Crippen LogP contribution in [0.2, 0.25) is 5.02 Å². The van der Waals surface area contributed by atoms with E-state index in [0.717, 1.165) is 5.56 Å². The van der Waals surface area contributed by atoms with Gasteiger partial charge in [0.2, 0.25) is 0 Å². The summed E-state index contributed by atoms with van der Waals surface area (Å²) in [6, 6.07) is 4.02. The Kier molecular flexibility index (Phi) is 4.71. The summed E-state index contributed by atoms with van der Waals surface area (Å²) in [7, 11) is 1.32. The van der Waals surface area contributed by atoms with Crippen molar-refractivity contribution in [1.29, 1.82) is 0 Å². The molecule has 0 radical (unpaired) electrons. The van der Waals surface area contributed by atoms with Crippen molar-refractivity contribution in [3.63, 3.8) is 0 Å². The zero-order valence-electron chi connectivity index (χ0n) is 9.09. The minimum absolute atomic E-state index is 0.0887. The minimum Gasteiger partial charge on any atom is -0.468 e. The van der Waals surface area contributed by atoms with Gasteiger partial charge in [0.25, 0.3) is 0 Å². The smallest absolute Gasteiger partial charge is 0.319 e. The van der Waals surface area contributed by atoms with Crippen LogP contribution in [0.25, 0.3) is 0 Å². The third-order valence-corrected chi connectivity index (χ3v) is 2.54. The largest absolute Gasteiger partial charge is 0.468 e. The van der Waals surface area contributed by atoms with Crippen LogP contribution in [0.1, 0.15) is 18.5 Å². The van der Waals surface area contributed by atoms with Crippen LogP contribution < -0.4 is 5.32 Å². The third-order valence-electron chi connectivity index (χ3n) is 2.21. The molecule has 0 amide bonds. The van der Waals surface area contributed by atoms with Crippen LogP contribution in [-0.4, -0.2) is 19.6 Å². The standard InChI is InChI=1S/C11H13ClFNO2/c1-7(14-6-11(15)16-2)9-4-3-8(13)5-10(9)12/h3-5,7,14H,6H2,1-2H3. The van der Waals surface area contributed by atoms with E-state index in [1.807, 2.05) is 6.92 Å². The van der Waals surface area contributed by atoms with Gasteiger partial charge in [0.15, 0.2) is 0 Å². The van der Waals surface area contributed by atoms with Crippen LogP contribution in [0, 0.1) is 5.82 Å². The van der Waals surface area contributed by atoms with E-state index in [1.54, 1.807) is 6.07 Å². The summed E-state index contributed by atoms with van der Waals surface area (Å²) in [5, 5.41) is 3.27. The van der Waals surface area contributed by atoms with Gasteiger partial charge < -0.3 is 10.1 Å². The lowest BCUT2D eigenvalue weighted by Crippen LogP contribution is -2.26. The average molecular weight is 246 g/mol. The van der Waals surface area contributed by atoms with Gasteiger partial charge in [0.05, 0.1) is 13.7 Å². The van der Waals surface area contributed by atoms with E-state index >= 15 is 0 Å². The van der Waals surface area contributed by atoms with Crippen molar-refractivity contribution in [2.75, 3.05) is 13.7 Å². The van der Waals surface area contributed by atoms with E-state index in [0.29, 0.717) is 5.02 Å². The molecule has 0 aliphatic carbocycles. The van der Waals surface area contributed by atoms with E-state index in [9.17, 15) is 9.18 Å². The number of hydrogen-bond acceptors (Lipinski definition) is 3. The maximum Gasteiger partial charge on any atom is 0.319 e. The maximum atomic E-state index is 12.8. The van der Waals surface area contributed by atoms with E-state index in [2.05, 4.69) is 10.1 Å². The number of carbonyl (C=O) groups excluding carboxylic acids is 1. The van der Waals surface area contributed by atoms with Gasteiger partial charge in [-0.3, -0.25) is 4.79 Å².